The zero-order chi connectivity index (χ0) is 13.0. The fourth-order valence-corrected chi connectivity index (χ4v) is 2.32. The van der Waals surface area contributed by atoms with E-state index in [0.717, 1.165) is 29.9 Å². The first-order valence-corrected chi connectivity index (χ1v) is 6.80. The van der Waals surface area contributed by atoms with E-state index in [9.17, 15) is 0 Å². The molecule has 0 aliphatic carbocycles. The van der Waals surface area contributed by atoms with Gasteiger partial charge in [0.15, 0.2) is 11.5 Å². The SMILES string of the molecule is CCCCCCn1c(=S)nc(NC)c2[nH]cnc21. The van der Waals surface area contributed by atoms with Crippen molar-refractivity contribution in [3.63, 3.8) is 0 Å². The first kappa shape index (κ1) is 13.0. The molecule has 0 aliphatic heterocycles. The largest absolute Gasteiger partial charge is 0.371 e. The highest BCUT2D eigenvalue weighted by molar-refractivity contribution is 7.71. The van der Waals surface area contributed by atoms with Crippen molar-refractivity contribution in [1.82, 2.24) is 19.5 Å². The molecule has 0 unspecified atom stereocenters. The van der Waals surface area contributed by atoms with E-state index in [1.807, 2.05) is 11.6 Å². The molecule has 2 heterocycles. The van der Waals surface area contributed by atoms with Crippen molar-refractivity contribution < 1.29 is 0 Å². The number of hydrogen-bond donors (Lipinski definition) is 2. The van der Waals surface area contributed by atoms with E-state index < -0.39 is 0 Å². The van der Waals surface area contributed by atoms with Crippen molar-refractivity contribution in [1.29, 1.82) is 0 Å². The van der Waals surface area contributed by atoms with Crippen LogP contribution in [-0.2, 0) is 6.54 Å². The predicted octanol–water partition coefficient (Wildman–Crippen LogP) is 3.11. The number of aromatic amines is 1. The molecule has 0 aromatic carbocycles. The highest BCUT2D eigenvalue weighted by atomic mass is 32.1. The first-order chi connectivity index (χ1) is 8.77. The Morgan fingerprint density at radius 1 is 1.39 bits per heavy atom. The van der Waals surface area contributed by atoms with E-state index in [1.54, 1.807) is 6.33 Å². The summed E-state index contributed by atoms with van der Waals surface area (Å²) in [5.41, 5.74) is 1.80. The molecule has 0 saturated carbocycles. The molecule has 0 saturated heterocycles. The van der Waals surface area contributed by atoms with Gasteiger partial charge in [-0.25, -0.2) is 9.97 Å². The summed E-state index contributed by atoms with van der Waals surface area (Å²) in [5.74, 6) is 0.761. The van der Waals surface area contributed by atoms with Crippen LogP contribution in [0.15, 0.2) is 6.33 Å². The topological polar surface area (TPSA) is 58.5 Å². The quantitative estimate of drug-likeness (QED) is 0.622. The number of rotatable bonds is 6. The van der Waals surface area contributed by atoms with Gasteiger partial charge in [0.25, 0.3) is 0 Å². The Morgan fingerprint density at radius 3 is 2.94 bits per heavy atom. The molecular weight excluding hydrogens is 246 g/mol. The zero-order valence-electron chi connectivity index (χ0n) is 10.9. The second-order valence-electron chi connectivity index (χ2n) is 4.31. The van der Waals surface area contributed by atoms with E-state index in [-0.39, 0.29) is 0 Å². The van der Waals surface area contributed by atoms with E-state index in [4.69, 9.17) is 12.2 Å². The second-order valence-corrected chi connectivity index (χ2v) is 4.67. The number of imidazole rings is 1. The lowest BCUT2D eigenvalue weighted by Crippen LogP contribution is -2.07. The molecule has 2 aromatic rings. The van der Waals surface area contributed by atoms with Crippen LogP contribution < -0.4 is 5.32 Å². The summed E-state index contributed by atoms with van der Waals surface area (Å²) in [6, 6.07) is 0. The Bertz CT molecular complexity index is 571. The highest BCUT2D eigenvalue weighted by Gasteiger charge is 2.09. The molecule has 0 bridgehead atoms. The number of fused-ring (bicyclic) bond motifs is 1. The van der Waals surface area contributed by atoms with E-state index >= 15 is 0 Å². The van der Waals surface area contributed by atoms with Crippen molar-refractivity contribution in [3.05, 3.63) is 11.1 Å². The van der Waals surface area contributed by atoms with Crippen LogP contribution in [0.25, 0.3) is 11.2 Å². The lowest BCUT2D eigenvalue weighted by atomic mass is 10.2. The number of aromatic nitrogens is 4. The lowest BCUT2D eigenvalue weighted by molar-refractivity contribution is 0.580. The number of nitrogens with one attached hydrogen (secondary N) is 2. The predicted molar refractivity (Wildman–Crippen MR) is 76.4 cm³/mol. The number of H-pyrrole nitrogens is 1. The molecule has 0 fully saturated rings. The maximum Gasteiger partial charge on any atom is 0.203 e. The van der Waals surface area contributed by atoms with E-state index in [2.05, 4.69) is 27.2 Å². The molecule has 6 heteroatoms. The molecular formula is C12H19N5S. The number of unbranched alkanes of at least 4 members (excludes halogenated alkanes) is 3. The van der Waals surface area contributed by atoms with Gasteiger partial charge in [-0.05, 0) is 18.6 Å². The maximum atomic E-state index is 5.34. The minimum Gasteiger partial charge on any atom is -0.371 e. The average molecular weight is 265 g/mol. The molecule has 0 aliphatic rings. The van der Waals surface area contributed by atoms with Crippen LogP contribution in [0.2, 0.25) is 0 Å². The highest BCUT2D eigenvalue weighted by Crippen LogP contribution is 2.18. The van der Waals surface area contributed by atoms with Gasteiger partial charge in [0, 0.05) is 13.6 Å². The normalized spacial score (nSPS) is 11.0. The summed E-state index contributed by atoms with van der Waals surface area (Å²) in [7, 11) is 1.84. The molecule has 98 valence electrons. The number of hydrogen-bond acceptors (Lipinski definition) is 4. The van der Waals surface area contributed by atoms with Crippen molar-refractivity contribution >= 4 is 29.2 Å². The van der Waals surface area contributed by atoms with Crippen molar-refractivity contribution in [2.75, 3.05) is 12.4 Å². The van der Waals surface area contributed by atoms with Crippen LogP contribution in [-0.4, -0.2) is 26.6 Å². The van der Waals surface area contributed by atoms with Crippen molar-refractivity contribution in [3.8, 4) is 0 Å². The monoisotopic (exact) mass is 265 g/mol. The number of anilines is 1. The summed E-state index contributed by atoms with van der Waals surface area (Å²) in [5, 5.41) is 3.04. The minimum atomic E-state index is 0.593. The Labute approximate surface area is 112 Å². The second kappa shape index (κ2) is 5.95. The van der Waals surface area contributed by atoms with Crippen molar-refractivity contribution in [2.45, 2.75) is 39.2 Å². The summed E-state index contributed by atoms with van der Waals surface area (Å²) < 4.78 is 2.60. The summed E-state index contributed by atoms with van der Waals surface area (Å²) in [6.45, 7) is 3.10. The molecule has 2 rings (SSSR count). The third kappa shape index (κ3) is 2.53. The van der Waals surface area contributed by atoms with Gasteiger partial charge in [-0.15, -0.1) is 0 Å². The maximum absolute atomic E-state index is 5.34. The van der Waals surface area contributed by atoms with Gasteiger partial charge < -0.3 is 10.3 Å². The van der Waals surface area contributed by atoms with Crippen molar-refractivity contribution in [2.24, 2.45) is 0 Å². The fourth-order valence-electron chi connectivity index (χ4n) is 2.05. The van der Waals surface area contributed by atoms with Crippen LogP contribution in [0, 0.1) is 4.77 Å². The molecule has 0 spiro atoms. The smallest absolute Gasteiger partial charge is 0.203 e. The molecule has 18 heavy (non-hydrogen) atoms. The molecule has 0 amide bonds. The molecule has 5 nitrogen and oxygen atoms in total. The van der Waals surface area contributed by atoms with Gasteiger partial charge in [0.05, 0.1) is 6.33 Å². The fraction of sp³-hybridized carbons (Fsp3) is 0.583. The summed E-state index contributed by atoms with van der Waals surface area (Å²) in [4.78, 5) is 11.8. The van der Waals surface area contributed by atoms with Gasteiger partial charge in [-0.2, -0.15) is 0 Å². The molecule has 2 aromatic heterocycles. The van der Waals surface area contributed by atoms with Gasteiger partial charge >= 0.3 is 0 Å². The Kier molecular flexibility index (Phi) is 4.30. The molecule has 0 radical (unpaired) electrons. The number of aryl methyl sites for hydroxylation is 1. The minimum absolute atomic E-state index is 0.593. The summed E-state index contributed by atoms with van der Waals surface area (Å²) in [6.07, 6.45) is 6.52. The van der Waals surface area contributed by atoms with Crippen LogP contribution in [0.5, 0.6) is 0 Å². The Morgan fingerprint density at radius 2 is 2.22 bits per heavy atom. The Hall–Kier alpha value is -1.43. The van der Waals surface area contributed by atoms with Crippen LogP contribution in [0.4, 0.5) is 5.82 Å². The van der Waals surface area contributed by atoms with Gasteiger partial charge in [0.1, 0.15) is 5.52 Å². The molecule has 0 atom stereocenters. The Balaban J connectivity index is 2.29. The van der Waals surface area contributed by atoms with E-state index in [1.165, 1.54) is 19.3 Å². The van der Waals surface area contributed by atoms with Gasteiger partial charge in [-0.1, -0.05) is 26.2 Å². The zero-order valence-corrected chi connectivity index (χ0v) is 11.7. The number of nitrogens with zero attached hydrogens (tertiary/aromatic N) is 3. The van der Waals surface area contributed by atoms with Gasteiger partial charge in [0.2, 0.25) is 4.77 Å². The van der Waals surface area contributed by atoms with Gasteiger partial charge in [-0.3, -0.25) is 4.57 Å². The standard InChI is InChI=1S/C12H19N5S/c1-3-4-5-6-7-17-11-9(14-8-15-11)10(13-2)16-12(17)18/h8H,3-7H2,1-2H3,(H,14,15)(H,13,16,18). The van der Waals surface area contributed by atoms with Crippen LogP contribution in [0.1, 0.15) is 32.6 Å². The third-order valence-corrected chi connectivity index (χ3v) is 3.33. The average Bonchev–Trinajstić information content (AvgIpc) is 2.85. The lowest BCUT2D eigenvalue weighted by Gasteiger charge is -2.09. The van der Waals surface area contributed by atoms with Crippen LogP contribution >= 0.6 is 12.2 Å². The van der Waals surface area contributed by atoms with Crippen LogP contribution in [0.3, 0.4) is 0 Å². The van der Waals surface area contributed by atoms with E-state index in [0.29, 0.717) is 4.77 Å². The third-order valence-electron chi connectivity index (χ3n) is 3.02. The summed E-state index contributed by atoms with van der Waals surface area (Å²) >= 11 is 5.34. The first-order valence-electron chi connectivity index (χ1n) is 6.39. The molecule has 2 N–H and O–H groups in total.